The van der Waals surface area contributed by atoms with Gasteiger partial charge in [-0.3, -0.25) is 4.79 Å². The van der Waals surface area contributed by atoms with Gasteiger partial charge < -0.3 is 5.32 Å². The first-order valence-electron chi connectivity index (χ1n) is 6.19. The predicted octanol–water partition coefficient (Wildman–Crippen LogP) is 3.75. The molecule has 0 radical (unpaired) electrons. The van der Waals surface area contributed by atoms with Crippen molar-refractivity contribution >= 4 is 17.2 Å². The van der Waals surface area contributed by atoms with E-state index >= 15 is 0 Å². The molecule has 0 aliphatic heterocycles. The van der Waals surface area contributed by atoms with Crippen LogP contribution in [0, 0.1) is 0 Å². The van der Waals surface area contributed by atoms with E-state index in [4.69, 9.17) is 0 Å². The third kappa shape index (κ3) is 3.20. The van der Waals surface area contributed by atoms with Crippen molar-refractivity contribution in [3.63, 3.8) is 0 Å². The Morgan fingerprint density at radius 3 is 2.61 bits per heavy atom. The van der Waals surface area contributed by atoms with Crippen LogP contribution in [-0.2, 0) is 4.79 Å². The van der Waals surface area contributed by atoms with E-state index in [0.717, 1.165) is 12.0 Å². The average Bonchev–Trinajstić information content (AvgIpc) is 2.91. The fourth-order valence-electron chi connectivity index (χ4n) is 1.88. The fraction of sp³-hybridized carbons (Fsp3) is 0.267. The van der Waals surface area contributed by atoms with Crippen LogP contribution in [0.3, 0.4) is 0 Å². The molecule has 18 heavy (non-hydrogen) atoms. The van der Waals surface area contributed by atoms with E-state index in [1.807, 2.05) is 36.6 Å². The molecule has 1 aromatic carbocycles. The van der Waals surface area contributed by atoms with Gasteiger partial charge in [0.15, 0.2) is 0 Å². The predicted molar refractivity (Wildman–Crippen MR) is 75.7 cm³/mol. The van der Waals surface area contributed by atoms with Gasteiger partial charge in [-0.2, -0.15) is 0 Å². The Bertz CT molecular complexity index is 478. The summed E-state index contributed by atoms with van der Waals surface area (Å²) in [7, 11) is 0. The lowest BCUT2D eigenvalue weighted by Crippen LogP contribution is -2.28. The van der Waals surface area contributed by atoms with E-state index in [-0.39, 0.29) is 11.9 Å². The molecular weight excluding hydrogens is 242 g/mol. The van der Waals surface area contributed by atoms with Gasteiger partial charge in [-0.15, -0.1) is 11.3 Å². The van der Waals surface area contributed by atoms with E-state index in [2.05, 4.69) is 23.5 Å². The van der Waals surface area contributed by atoms with Crippen molar-refractivity contribution < 1.29 is 4.79 Å². The van der Waals surface area contributed by atoms with Crippen LogP contribution in [0.25, 0.3) is 0 Å². The molecule has 0 fully saturated rings. The topological polar surface area (TPSA) is 29.1 Å². The highest BCUT2D eigenvalue weighted by Gasteiger charge is 2.16. The van der Waals surface area contributed by atoms with Crippen molar-refractivity contribution in [1.29, 1.82) is 0 Å². The van der Waals surface area contributed by atoms with Gasteiger partial charge in [0, 0.05) is 11.3 Å². The summed E-state index contributed by atoms with van der Waals surface area (Å²) in [4.78, 5) is 13.0. The molecule has 1 aromatic heterocycles. The number of carbonyl (C=O) groups excluding carboxylic acids is 1. The van der Waals surface area contributed by atoms with Crippen LogP contribution in [0.5, 0.6) is 0 Å². The second-order valence-electron chi connectivity index (χ2n) is 4.18. The first kappa shape index (κ1) is 12.8. The number of nitrogens with one attached hydrogen (secondary N) is 1. The largest absolute Gasteiger partial charge is 0.344 e. The van der Waals surface area contributed by atoms with Crippen LogP contribution in [0.2, 0.25) is 0 Å². The zero-order valence-electron chi connectivity index (χ0n) is 10.4. The minimum absolute atomic E-state index is 0.0229. The first-order chi connectivity index (χ1) is 8.81. The van der Waals surface area contributed by atoms with Gasteiger partial charge in [0.2, 0.25) is 5.91 Å². The molecule has 2 nitrogen and oxygen atoms in total. The van der Waals surface area contributed by atoms with Crippen molar-refractivity contribution in [3.05, 3.63) is 58.3 Å². The zero-order valence-corrected chi connectivity index (χ0v) is 11.2. The van der Waals surface area contributed by atoms with Crippen molar-refractivity contribution in [1.82, 2.24) is 5.32 Å². The molecule has 1 heterocycles. The highest BCUT2D eigenvalue weighted by molar-refractivity contribution is 7.10. The van der Waals surface area contributed by atoms with Gasteiger partial charge in [0.1, 0.15) is 0 Å². The lowest BCUT2D eigenvalue weighted by molar-refractivity contribution is -0.121. The van der Waals surface area contributed by atoms with Gasteiger partial charge in [0.25, 0.3) is 0 Å². The molecule has 0 saturated heterocycles. The van der Waals surface area contributed by atoms with Crippen molar-refractivity contribution in [2.24, 2.45) is 0 Å². The Balaban J connectivity index is 2.22. The minimum Gasteiger partial charge on any atom is -0.344 e. The molecule has 1 unspecified atom stereocenters. The van der Waals surface area contributed by atoms with Crippen LogP contribution >= 0.6 is 11.3 Å². The van der Waals surface area contributed by atoms with Crippen LogP contribution in [-0.4, -0.2) is 5.91 Å². The maximum atomic E-state index is 11.8. The summed E-state index contributed by atoms with van der Waals surface area (Å²) in [5.41, 5.74) is 1.13. The molecule has 0 spiro atoms. The van der Waals surface area contributed by atoms with Gasteiger partial charge in [-0.25, -0.2) is 0 Å². The molecule has 3 heteroatoms. The molecule has 0 aliphatic rings. The summed E-state index contributed by atoms with van der Waals surface area (Å²) in [6.45, 7) is 2.02. The van der Waals surface area contributed by atoms with Crippen LogP contribution in [0.4, 0.5) is 0 Å². The third-order valence-electron chi connectivity index (χ3n) is 2.74. The van der Waals surface area contributed by atoms with Crippen LogP contribution in [0.15, 0.2) is 47.8 Å². The molecule has 1 N–H and O–H groups in total. The molecule has 2 aromatic rings. The molecular formula is C15H17NOS. The number of amides is 1. The summed E-state index contributed by atoms with van der Waals surface area (Å²) in [6, 6.07) is 14.2. The molecule has 0 aliphatic carbocycles. The maximum Gasteiger partial charge on any atom is 0.220 e. The van der Waals surface area contributed by atoms with Crippen LogP contribution < -0.4 is 5.32 Å². The Morgan fingerprint density at radius 1 is 1.22 bits per heavy atom. The lowest BCUT2D eigenvalue weighted by Gasteiger charge is -2.17. The maximum absolute atomic E-state index is 11.8. The Hall–Kier alpha value is -1.61. The summed E-state index contributed by atoms with van der Waals surface area (Å²) in [5.74, 6) is 0.111. The number of hydrogen-bond donors (Lipinski definition) is 1. The SMILES string of the molecule is CCCC(=O)NC(c1ccccc1)c1cccs1. The van der Waals surface area contributed by atoms with Gasteiger partial charge in [-0.1, -0.05) is 43.3 Å². The molecule has 2 rings (SSSR count). The summed E-state index contributed by atoms with van der Waals surface area (Å²) in [6.07, 6.45) is 1.45. The standard InChI is InChI=1S/C15H17NOS/c1-2-7-14(17)16-15(13-10-6-11-18-13)12-8-4-3-5-9-12/h3-6,8-11,15H,2,7H2,1H3,(H,16,17). The molecule has 0 saturated carbocycles. The van der Waals surface area contributed by atoms with Crippen molar-refractivity contribution in [2.45, 2.75) is 25.8 Å². The number of thiophene rings is 1. The minimum atomic E-state index is -0.0229. The van der Waals surface area contributed by atoms with E-state index in [9.17, 15) is 4.79 Å². The molecule has 94 valence electrons. The molecule has 1 amide bonds. The second-order valence-corrected chi connectivity index (χ2v) is 5.16. The number of carbonyl (C=O) groups is 1. The van der Waals surface area contributed by atoms with Crippen molar-refractivity contribution in [2.75, 3.05) is 0 Å². The van der Waals surface area contributed by atoms with Crippen LogP contribution in [0.1, 0.15) is 36.2 Å². The highest BCUT2D eigenvalue weighted by Crippen LogP contribution is 2.25. The monoisotopic (exact) mass is 259 g/mol. The first-order valence-corrected chi connectivity index (χ1v) is 7.07. The Kier molecular flexibility index (Phi) is 4.53. The number of rotatable bonds is 5. The smallest absolute Gasteiger partial charge is 0.220 e. The van der Waals surface area contributed by atoms with Crippen molar-refractivity contribution in [3.8, 4) is 0 Å². The summed E-state index contributed by atoms with van der Waals surface area (Å²) >= 11 is 1.67. The molecule has 1 atom stereocenters. The third-order valence-corrected chi connectivity index (χ3v) is 3.68. The normalized spacial score (nSPS) is 12.1. The summed E-state index contributed by atoms with van der Waals surface area (Å²) in [5, 5.41) is 5.15. The summed E-state index contributed by atoms with van der Waals surface area (Å²) < 4.78 is 0. The number of hydrogen-bond acceptors (Lipinski definition) is 2. The molecule has 0 bridgehead atoms. The number of benzene rings is 1. The lowest BCUT2D eigenvalue weighted by atomic mass is 10.1. The van der Waals surface area contributed by atoms with E-state index in [1.54, 1.807) is 11.3 Å². The highest BCUT2D eigenvalue weighted by atomic mass is 32.1. The van der Waals surface area contributed by atoms with E-state index in [1.165, 1.54) is 4.88 Å². The van der Waals surface area contributed by atoms with E-state index < -0.39 is 0 Å². The Labute approximate surface area is 112 Å². The van der Waals surface area contributed by atoms with Gasteiger partial charge >= 0.3 is 0 Å². The second kappa shape index (κ2) is 6.36. The average molecular weight is 259 g/mol. The zero-order chi connectivity index (χ0) is 12.8. The van der Waals surface area contributed by atoms with Gasteiger partial charge in [-0.05, 0) is 23.4 Å². The van der Waals surface area contributed by atoms with Gasteiger partial charge in [0.05, 0.1) is 6.04 Å². The fourth-order valence-corrected chi connectivity index (χ4v) is 2.68. The van der Waals surface area contributed by atoms with E-state index in [0.29, 0.717) is 6.42 Å². The Morgan fingerprint density at radius 2 is 2.00 bits per heavy atom. The quantitative estimate of drug-likeness (QED) is 0.870.